The van der Waals surface area contributed by atoms with Crippen LogP contribution in [0, 0.1) is 17.2 Å². The molecule has 170 valence electrons. The van der Waals surface area contributed by atoms with Gasteiger partial charge in [-0.15, -0.1) is 0 Å². The number of carboxylic acids is 1. The van der Waals surface area contributed by atoms with E-state index in [-0.39, 0.29) is 18.0 Å². The maximum Gasteiger partial charge on any atom is 0.303 e. The Morgan fingerprint density at radius 2 is 2.03 bits per heavy atom. The third-order valence-electron chi connectivity index (χ3n) is 5.60. The first-order valence-corrected chi connectivity index (χ1v) is 11.1. The van der Waals surface area contributed by atoms with Gasteiger partial charge in [0, 0.05) is 25.8 Å². The van der Waals surface area contributed by atoms with Crippen molar-refractivity contribution in [1.29, 1.82) is 5.26 Å². The van der Waals surface area contributed by atoms with Crippen molar-refractivity contribution in [2.24, 2.45) is 5.92 Å². The molecule has 1 atom stereocenters. The minimum absolute atomic E-state index is 0.0606. The van der Waals surface area contributed by atoms with Gasteiger partial charge in [0.2, 0.25) is 0 Å². The molecule has 3 rings (SSSR count). The fourth-order valence-electron chi connectivity index (χ4n) is 4.01. The summed E-state index contributed by atoms with van der Waals surface area (Å²) in [5.41, 5.74) is 3.09. The summed E-state index contributed by atoms with van der Waals surface area (Å²) in [7, 11) is 0. The third-order valence-corrected chi connectivity index (χ3v) is 5.60. The van der Waals surface area contributed by atoms with Crippen molar-refractivity contribution >= 4 is 23.2 Å². The minimum atomic E-state index is -0.822. The SMILES string of the molecule is CC(C)CN(c1ccc([C@H](C)CC(=O)O)cc1Nc1cnc(C#N)cn1)C1CCOCC1. The van der Waals surface area contributed by atoms with E-state index in [1.165, 1.54) is 12.4 Å². The number of nitrogens with zero attached hydrogens (tertiary/aromatic N) is 4. The Morgan fingerprint density at radius 1 is 1.28 bits per heavy atom. The molecular formula is C24H31N5O3. The molecule has 2 aromatic rings. The molecule has 0 spiro atoms. The number of hydrogen-bond donors (Lipinski definition) is 2. The van der Waals surface area contributed by atoms with Crippen molar-refractivity contribution in [3.63, 3.8) is 0 Å². The maximum absolute atomic E-state index is 11.2. The molecule has 1 aromatic carbocycles. The number of ether oxygens (including phenoxy) is 1. The van der Waals surface area contributed by atoms with Crippen molar-refractivity contribution in [3.05, 3.63) is 41.9 Å². The Hall–Kier alpha value is -3.18. The second kappa shape index (κ2) is 10.9. The van der Waals surface area contributed by atoms with Crippen molar-refractivity contribution < 1.29 is 14.6 Å². The van der Waals surface area contributed by atoms with Crippen LogP contribution in [0.2, 0.25) is 0 Å². The summed E-state index contributed by atoms with van der Waals surface area (Å²) < 4.78 is 5.58. The summed E-state index contributed by atoms with van der Waals surface area (Å²) in [6, 6.07) is 8.44. The molecule has 0 bridgehead atoms. The Kier molecular flexibility index (Phi) is 8.01. The van der Waals surface area contributed by atoms with E-state index < -0.39 is 5.97 Å². The molecule has 1 aliphatic heterocycles. The van der Waals surface area contributed by atoms with Crippen LogP contribution < -0.4 is 10.2 Å². The van der Waals surface area contributed by atoms with Crippen molar-refractivity contribution in [2.75, 3.05) is 30.0 Å². The second-order valence-corrected chi connectivity index (χ2v) is 8.69. The molecule has 0 unspecified atom stereocenters. The molecular weight excluding hydrogens is 406 g/mol. The fourth-order valence-corrected chi connectivity index (χ4v) is 4.01. The molecule has 0 aliphatic carbocycles. The Labute approximate surface area is 189 Å². The molecule has 1 aliphatic rings. The van der Waals surface area contributed by atoms with Crippen LogP contribution in [-0.4, -0.2) is 46.8 Å². The van der Waals surface area contributed by atoms with Crippen molar-refractivity contribution in [2.45, 2.75) is 52.0 Å². The molecule has 2 heterocycles. The number of anilines is 3. The molecule has 8 nitrogen and oxygen atoms in total. The first-order chi connectivity index (χ1) is 15.4. The monoisotopic (exact) mass is 437 g/mol. The molecule has 1 fully saturated rings. The zero-order valence-corrected chi connectivity index (χ0v) is 18.9. The fraction of sp³-hybridized carbons (Fsp3) is 0.500. The number of nitriles is 1. The van der Waals surface area contributed by atoms with E-state index in [0.29, 0.717) is 17.8 Å². The molecule has 0 amide bonds. The molecule has 2 N–H and O–H groups in total. The Morgan fingerprint density at radius 3 is 2.62 bits per heavy atom. The molecule has 0 saturated carbocycles. The van der Waals surface area contributed by atoms with Crippen LogP contribution in [0.15, 0.2) is 30.6 Å². The van der Waals surface area contributed by atoms with Crippen molar-refractivity contribution in [1.82, 2.24) is 9.97 Å². The van der Waals surface area contributed by atoms with Gasteiger partial charge in [0.1, 0.15) is 11.9 Å². The van der Waals surface area contributed by atoms with Gasteiger partial charge >= 0.3 is 5.97 Å². The van der Waals surface area contributed by atoms with Gasteiger partial charge in [-0.2, -0.15) is 5.26 Å². The molecule has 0 radical (unpaired) electrons. The average Bonchev–Trinajstić information content (AvgIpc) is 2.78. The van der Waals surface area contributed by atoms with Gasteiger partial charge in [0.25, 0.3) is 0 Å². The maximum atomic E-state index is 11.2. The lowest BCUT2D eigenvalue weighted by Gasteiger charge is -2.38. The standard InChI is InChI=1S/C24H31N5O3/c1-16(2)15-29(20-6-8-32-9-7-20)22-5-4-18(17(3)10-24(30)31)11-21(22)28-23-14-26-19(12-25)13-27-23/h4-5,11,13-14,16-17,20H,6-10,15H2,1-3H3,(H,27,28)(H,30,31)/t17-/m1/s1. The highest BCUT2D eigenvalue weighted by Gasteiger charge is 2.25. The van der Waals surface area contributed by atoms with Gasteiger partial charge < -0.3 is 20.1 Å². The van der Waals surface area contributed by atoms with Crippen LogP contribution in [0.3, 0.4) is 0 Å². The highest BCUT2D eigenvalue weighted by molar-refractivity contribution is 5.76. The lowest BCUT2D eigenvalue weighted by Crippen LogP contribution is -2.42. The molecule has 8 heteroatoms. The Balaban J connectivity index is 2.00. The van der Waals surface area contributed by atoms with Crippen LogP contribution in [0.4, 0.5) is 17.2 Å². The number of aromatic nitrogens is 2. The number of aliphatic carboxylic acids is 1. The van der Waals surface area contributed by atoms with Gasteiger partial charge in [0.15, 0.2) is 5.69 Å². The van der Waals surface area contributed by atoms with Crippen LogP contribution in [0.1, 0.15) is 57.2 Å². The number of carboxylic acid groups (broad SMARTS) is 1. The van der Waals surface area contributed by atoms with E-state index in [4.69, 9.17) is 10.00 Å². The Bertz CT molecular complexity index is 949. The van der Waals surface area contributed by atoms with Gasteiger partial charge in [0.05, 0.1) is 30.2 Å². The quantitative estimate of drug-likeness (QED) is 0.597. The predicted molar refractivity (Wildman–Crippen MR) is 123 cm³/mol. The van der Waals surface area contributed by atoms with Crippen LogP contribution in [0.25, 0.3) is 0 Å². The van der Waals surface area contributed by atoms with Gasteiger partial charge in [-0.1, -0.05) is 26.8 Å². The zero-order chi connectivity index (χ0) is 23.1. The van der Waals surface area contributed by atoms with Crippen LogP contribution >= 0.6 is 0 Å². The van der Waals surface area contributed by atoms with E-state index in [0.717, 1.165) is 49.5 Å². The topological polar surface area (TPSA) is 111 Å². The summed E-state index contributed by atoms with van der Waals surface area (Å²) >= 11 is 0. The summed E-state index contributed by atoms with van der Waals surface area (Å²) in [6.45, 7) is 8.71. The van der Waals surface area contributed by atoms with E-state index >= 15 is 0 Å². The predicted octanol–water partition coefficient (Wildman–Crippen LogP) is 4.31. The average molecular weight is 438 g/mol. The summed E-state index contributed by atoms with van der Waals surface area (Å²) in [4.78, 5) is 22.1. The van der Waals surface area contributed by atoms with Gasteiger partial charge in [-0.25, -0.2) is 9.97 Å². The number of benzene rings is 1. The summed E-state index contributed by atoms with van der Waals surface area (Å²) in [5, 5.41) is 21.6. The van der Waals surface area contributed by atoms with Crippen LogP contribution in [-0.2, 0) is 9.53 Å². The largest absolute Gasteiger partial charge is 0.481 e. The number of hydrogen-bond acceptors (Lipinski definition) is 7. The number of nitrogens with one attached hydrogen (secondary N) is 1. The highest BCUT2D eigenvalue weighted by Crippen LogP contribution is 2.35. The summed E-state index contributed by atoms with van der Waals surface area (Å²) in [6.07, 6.45) is 4.95. The van der Waals surface area contributed by atoms with E-state index in [1.807, 2.05) is 25.1 Å². The third kappa shape index (κ3) is 6.17. The van der Waals surface area contributed by atoms with Crippen LogP contribution in [0.5, 0.6) is 0 Å². The van der Waals surface area contributed by atoms with Gasteiger partial charge in [-0.05, 0) is 42.4 Å². The molecule has 1 aromatic heterocycles. The molecule has 32 heavy (non-hydrogen) atoms. The molecule has 1 saturated heterocycles. The van der Waals surface area contributed by atoms with Crippen molar-refractivity contribution in [3.8, 4) is 6.07 Å². The number of carbonyl (C=O) groups is 1. The highest BCUT2D eigenvalue weighted by atomic mass is 16.5. The first-order valence-electron chi connectivity index (χ1n) is 11.1. The lowest BCUT2D eigenvalue weighted by atomic mass is 9.95. The second-order valence-electron chi connectivity index (χ2n) is 8.69. The minimum Gasteiger partial charge on any atom is -0.481 e. The van der Waals surface area contributed by atoms with E-state index in [1.54, 1.807) is 0 Å². The van der Waals surface area contributed by atoms with Gasteiger partial charge in [-0.3, -0.25) is 4.79 Å². The first kappa shape index (κ1) is 23.5. The lowest BCUT2D eigenvalue weighted by molar-refractivity contribution is -0.137. The number of rotatable bonds is 9. The normalized spacial score (nSPS) is 15.2. The van der Waals surface area contributed by atoms with E-state index in [2.05, 4.69) is 40.1 Å². The summed E-state index contributed by atoms with van der Waals surface area (Å²) in [5.74, 6) is 0.0456. The smallest absolute Gasteiger partial charge is 0.303 e. The van der Waals surface area contributed by atoms with E-state index in [9.17, 15) is 9.90 Å². The zero-order valence-electron chi connectivity index (χ0n) is 18.9.